The van der Waals surface area contributed by atoms with Crippen molar-refractivity contribution in [3.05, 3.63) is 90.0 Å². The number of amides is 1. The van der Waals surface area contributed by atoms with E-state index in [-0.39, 0.29) is 29.3 Å². The van der Waals surface area contributed by atoms with E-state index in [4.69, 9.17) is 9.84 Å². The van der Waals surface area contributed by atoms with Crippen LogP contribution in [0.1, 0.15) is 15.9 Å². The van der Waals surface area contributed by atoms with E-state index in [9.17, 15) is 14.7 Å². The Hall–Kier alpha value is -4.72. The molecule has 3 N–H and O–H groups in total. The average molecular weight is 455 g/mol. The van der Waals surface area contributed by atoms with Gasteiger partial charge in [0.1, 0.15) is 17.2 Å². The van der Waals surface area contributed by atoms with Crippen molar-refractivity contribution in [1.82, 2.24) is 0 Å². The lowest BCUT2D eigenvalue weighted by molar-refractivity contribution is -0.115. The van der Waals surface area contributed by atoms with Crippen molar-refractivity contribution in [2.75, 3.05) is 12.4 Å². The van der Waals surface area contributed by atoms with E-state index in [2.05, 4.69) is 15.5 Å². The first-order valence-corrected chi connectivity index (χ1v) is 10.4. The van der Waals surface area contributed by atoms with Crippen LogP contribution in [0.5, 0.6) is 11.5 Å². The molecule has 0 aromatic heterocycles. The number of fused-ring (bicyclic) bond motifs is 1. The molecule has 0 bridgehead atoms. The first kappa shape index (κ1) is 22.5. The quantitative estimate of drug-likeness (QED) is 0.302. The van der Waals surface area contributed by atoms with Crippen molar-refractivity contribution >= 4 is 39.7 Å². The highest BCUT2D eigenvalue weighted by Gasteiger charge is 2.16. The van der Waals surface area contributed by atoms with E-state index >= 15 is 0 Å². The number of carboxylic acid groups (broad SMARTS) is 1. The Morgan fingerprint density at radius 2 is 1.65 bits per heavy atom. The number of carbonyl (C=O) groups excluding carboxylic acids is 1. The minimum atomic E-state index is -1.04. The molecule has 8 heteroatoms. The van der Waals surface area contributed by atoms with Crippen molar-refractivity contribution in [3.8, 4) is 11.5 Å². The van der Waals surface area contributed by atoms with Gasteiger partial charge in [-0.15, -0.1) is 5.11 Å². The molecular formula is C26H21N3O5. The summed E-state index contributed by atoms with van der Waals surface area (Å²) in [5, 5.41) is 32.6. The van der Waals surface area contributed by atoms with Crippen LogP contribution >= 0.6 is 0 Å². The number of carboxylic acids is 1. The second-order valence-corrected chi connectivity index (χ2v) is 7.43. The van der Waals surface area contributed by atoms with E-state index in [1.807, 2.05) is 18.2 Å². The number of phenols is 1. The average Bonchev–Trinajstić information content (AvgIpc) is 2.84. The summed E-state index contributed by atoms with van der Waals surface area (Å²) in [5.74, 6) is -0.991. The Balaban J connectivity index is 1.65. The molecule has 170 valence electrons. The van der Waals surface area contributed by atoms with E-state index in [0.717, 1.165) is 5.39 Å². The maximum atomic E-state index is 12.7. The van der Waals surface area contributed by atoms with Gasteiger partial charge in [0.25, 0.3) is 0 Å². The van der Waals surface area contributed by atoms with Crippen molar-refractivity contribution in [2.24, 2.45) is 10.2 Å². The van der Waals surface area contributed by atoms with Gasteiger partial charge in [0, 0.05) is 10.9 Å². The summed E-state index contributed by atoms with van der Waals surface area (Å²) in [7, 11) is 1.52. The van der Waals surface area contributed by atoms with Crippen LogP contribution in [0.3, 0.4) is 0 Å². The zero-order chi connectivity index (χ0) is 24.1. The number of methoxy groups -OCH3 is 1. The smallest absolute Gasteiger partial charge is 0.335 e. The number of aromatic hydroxyl groups is 1. The van der Waals surface area contributed by atoms with Crippen LogP contribution in [0.2, 0.25) is 0 Å². The molecule has 0 atom stereocenters. The lowest BCUT2D eigenvalue weighted by atomic mass is 10.0. The van der Waals surface area contributed by atoms with Crippen molar-refractivity contribution in [2.45, 2.75) is 6.42 Å². The largest absolute Gasteiger partial charge is 0.505 e. The van der Waals surface area contributed by atoms with Gasteiger partial charge in [0.15, 0.2) is 0 Å². The number of aromatic carboxylic acids is 1. The number of azo groups is 1. The number of nitrogens with zero attached hydrogens (tertiary/aromatic N) is 2. The minimum Gasteiger partial charge on any atom is -0.505 e. The van der Waals surface area contributed by atoms with Gasteiger partial charge >= 0.3 is 5.97 Å². The number of phenolic OH excluding ortho intramolecular Hbond substituents is 1. The number of hydrogen-bond acceptors (Lipinski definition) is 6. The minimum absolute atomic E-state index is 0.0927. The summed E-state index contributed by atoms with van der Waals surface area (Å²) in [5.41, 5.74) is 1.70. The number of benzene rings is 4. The number of carbonyl (C=O) groups is 2. The molecule has 4 rings (SSSR count). The molecule has 0 aliphatic rings. The highest BCUT2D eigenvalue weighted by Crippen LogP contribution is 2.39. The molecule has 0 saturated carbocycles. The molecule has 34 heavy (non-hydrogen) atoms. The fourth-order valence-corrected chi connectivity index (χ4v) is 3.50. The van der Waals surface area contributed by atoms with Gasteiger partial charge in [-0.2, -0.15) is 5.11 Å². The fourth-order valence-electron chi connectivity index (χ4n) is 3.50. The molecule has 0 unspecified atom stereocenters. The van der Waals surface area contributed by atoms with Crippen LogP contribution in [-0.4, -0.2) is 29.2 Å². The fraction of sp³-hybridized carbons (Fsp3) is 0.0769. The first-order valence-electron chi connectivity index (χ1n) is 10.4. The molecule has 0 heterocycles. The Bertz CT molecular complexity index is 1400. The Kier molecular flexibility index (Phi) is 6.49. The number of nitrogens with one attached hydrogen (secondary N) is 1. The first-order chi connectivity index (χ1) is 16.5. The normalized spacial score (nSPS) is 11.0. The number of anilines is 1. The van der Waals surface area contributed by atoms with Crippen LogP contribution in [0.4, 0.5) is 17.1 Å². The third-order valence-electron chi connectivity index (χ3n) is 5.19. The molecule has 8 nitrogen and oxygen atoms in total. The van der Waals surface area contributed by atoms with Gasteiger partial charge in [0.05, 0.1) is 30.5 Å². The van der Waals surface area contributed by atoms with E-state index < -0.39 is 5.97 Å². The summed E-state index contributed by atoms with van der Waals surface area (Å²) in [4.78, 5) is 23.8. The molecule has 0 saturated heterocycles. The van der Waals surface area contributed by atoms with Crippen LogP contribution in [0.25, 0.3) is 10.8 Å². The van der Waals surface area contributed by atoms with Crippen molar-refractivity contribution < 1.29 is 24.5 Å². The maximum Gasteiger partial charge on any atom is 0.335 e. The summed E-state index contributed by atoms with van der Waals surface area (Å²) >= 11 is 0. The Morgan fingerprint density at radius 1 is 0.941 bits per heavy atom. The number of hydrogen-bond donors (Lipinski definition) is 3. The third kappa shape index (κ3) is 4.86. The molecule has 0 fully saturated rings. The molecule has 0 spiro atoms. The lowest BCUT2D eigenvalue weighted by Gasteiger charge is -2.12. The zero-order valence-corrected chi connectivity index (χ0v) is 18.2. The van der Waals surface area contributed by atoms with Crippen LogP contribution in [-0.2, 0) is 11.2 Å². The Labute approximate surface area is 195 Å². The molecule has 4 aromatic carbocycles. The summed E-state index contributed by atoms with van der Waals surface area (Å²) in [6, 6.07) is 22.0. The van der Waals surface area contributed by atoms with E-state index in [1.54, 1.807) is 36.4 Å². The van der Waals surface area contributed by atoms with Gasteiger partial charge < -0.3 is 20.3 Å². The van der Waals surface area contributed by atoms with Crippen LogP contribution < -0.4 is 10.1 Å². The van der Waals surface area contributed by atoms with Gasteiger partial charge in [-0.3, -0.25) is 4.79 Å². The molecular weight excluding hydrogens is 434 g/mol. The van der Waals surface area contributed by atoms with Gasteiger partial charge in [-0.1, -0.05) is 36.4 Å². The molecule has 0 aliphatic carbocycles. The lowest BCUT2D eigenvalue weighted by Crippen LogP contribution is -2.15. The van der Waals surface area contributed by atoms with E-state index in [0.29, 0.717) is 28.1 Å². The van der Waals surface area contributed by atoms with Crippen molar-refractivity contribution in [3.63, 3.8) is 0 Å². The third-order valence-corrected chi connectivity index (χ3v) is 5.19. The SMILES string of the molecule is COc1ccccc1NC(=O)Cc1cc2ccccc2c(N=Nc2ccc(C(=O)O)cc2)c1O. The predicted molar refractivity (Wildman–Crippen MR) is 129 cm³/mol. The zero-order valence-electron chi connectivity index (χ0n) is 18.2. The van der Waals surface area contributed by atoms with Gasteiger partial charge in [-0.25, -0.2) is 4.79 Å². The number of rotatable bonds is 7. The molecule has 0 radical (unpaired) electrons. The highest BCUT2D eigenvalue weighted by atomic mass is 16.5. The summed E-state index contributed by atoms with van der Waals surface area (Å²) < 4.78 is 5.27. The van der Waals surface area contributed by atoms with Crippen molar-refractivity contribution in [1.29, 1.82) is 0 Å². The monoisotopic (exact) mass is 455 g/mol. The topological polar surface area (TPSA) is 121 Å². The summed E-state index contributed by atoms with van der Waals surface area (Å²) in [6.07, 6.45) is -0.0927. The van der Waals surface area contributed by atoms with E-state index in [1.165, 1.54) is 31.4 Å². The van der Waals surface area contributed by atoms with Crippen LogP contribution in [0.15, 0.2) is 89.1 Å². The number of para-hydroxylation sites is 2. The standard InChI is InChI=1S/C26H21N3O5/c1-34-22-9-5-4-8-21(22)27-23(30)15-18-14-17-6-2-3-7-20(17)24(25(18)31)29-28-19-12-10-16(11-13-19)26(32)33/h2-14,31H,15H2,1H3,(H,27,30)(H,32,33). The molecule has 1 amide bonds. The molecule has 4 aromatic rings. The molecule has 0 aliphatic heterocycles. The predicted octanol–water partition coefficient (Wildman–Crippen LogP) is 5.85. The van der Waals surface area contributed by atoms with Gasteiger partial charge in [0.2, 0.25) is 5.91 Å². The number of ether oxygens (including phenoxy) is 1. The van der Waals surface area contributed by atoms with Gasteiger partial charge in [-0.05, 0) is 47.9 Å². The van der Waals surface area contributed by atoms with Crippen LogP contribution in [0, 0.1) is 0 Å². The second kappa shape index (κ2) is 9.83. The summed E-state index contributed by atoms with van der Waals surface area (Å²) in [6.45, 7) is 0. The maximum absolute atomic E-state index is 12.7. The highest BCUT2D eigenvalue weighted by molar-refractivity contribution is 5.99. The second-order valence-electron chi connectivity index (χ2n) is 7.43. The Morgan fingerprint density at radius 3 is 2.38 bits per heavy atom.